The van der Waals surface area contributed by atoms with E-state index in [0.717, 1.165) is 81.0 Å². The first kappa shape index (κ1) is 54.1. The average Bonchev–Trinajstić information content (AvgIpc) is 4.19. The van der Waals surface area contributed by atoms with E-state index in [4.69, 9.17) is 30.7 Å². The molecule has 2 unspecified atom stereocenters. The van der Waals surface area contributed by atoms with Crippen LogP contribution in [-0.4, -0.2) is 131 Å². The van der Waals surface area contributed by atoms with Crippen LogP contribution in [0.5, 0.6) is 0 Å². The SMILES string of the molecule is C.C.CCOC(=O)CN(Cc1cccc(CN2CCCC2)c1)c1nc(NCC2CCCO2)nc(N)c1[N+](=O)[O-].Nc1nc(NCC2CCCO2)nc2c1CC(=O)CN2Cc1cccc(CN2CCCC2)c1. The third kappa shape index (κ3) is 15.1. The number of rotatable bonds is 19. The Bertz CT molecular complexity index is 2390. The second kappa shape index (κ2) is 26.3. The zero-order valence-electron chi connectivity index (χ0n) is 39.8. The molecule has 0 aliphatic carbocycles. The van der Waals surface area contributed by atoms with E-state index in [9.17, 15) is 19.7 Å². The zero-order valence-corrected chi connectivity index (χ0v) is 39.8. The lowest BCUT2D eigenvalue weighted by Gasteiger charge is -2.30. The fourth-order valence-corrected chi connectivity index (χ4v) is 9.69. The van der Waals surface area contributed by atoms with Gasteiger partial charge in [-0.2, -0.15) is 19.9 Å². The summed E-state index contributed by atoms with van der Waals surface area (Å²) in [6.07, 6.45) is 9.49. The van der Waals surface area contributed by atoms with Gasteiger partial charge in [-0.25, -0.2) is 0 Å². The summed E-state index contributed by atoms with van der Waals surface area (Å²) < 4.78 is 16.5. The van der Waals surface area contributed by atoms with Crippen molar-refractivity contribution in [2.75, 3.05) is 104 Å². The van der Waals surface area contributed by atoms with Gasteiger partial charge in [-0.05, 0) is 107 Å². The highest BCUT2D eigenvalue weighted by Crippen LogP contribution is 2.34. The zero-order chi connectivity index (χ0) is 48.1. The molecule has 4 fully saturated rings. The number of benzene rings is 2. The Morgan fingerprint density at radius 3 is 1.87 bits per heavy atom. The Balaban J connectivity index is 0.000000228. The van der Waals surface area contributed by atoms with Crippen molar-refractivity contribution in [2.24, 2.45) is 0 Å². The third-order valence-corrected chi connectivity index (χ3v) is 13.0. The summed E-state index contributed by atoms with van der Waals surface area (Å²) in [5, 5.41) is 18.4. The predicted octanol–water partition coefficient (Wildman–Crippen LogP) is 6.37. The predicted molar refractivity (Wildman–Crippen MR) is 277 cm³/mol. The number of aromatic nitrogens is 4. The first-order chi connectivity index (χ1) is 33.6. The molecule has 5 aliphatic heterocycles. The number of ketones is 1. The summed E-state index contributed by atoms with van der Waals surface area (Å²) >= 11 is 0. The topological polar surface area (TPSA) is 246 Å². The van der Waals surface area contributed by atoms with E-state index in [1.165, 1.54) is 54.8 Å². The van der Waals surface area contributed by atoms with Gasteiger partial charge in [0.1, 0.15) is 18.2 Å². The number of ether oxygens (including phenoxy) is 3. The summed E-state index contributed by atoms with van der Waals surface area (Å²) in [7, 11) is 0. The second-order valence-electron chi connectivity index (χ2n) is 18.5. The van der Waals surface area contributed by atoms with Gasteiger partial charge in [0.15, 0.2) is 5.78 Å². The molecule has 0 spiro atoms. The van der Waals surface area contributed by atoms with Gasteiger partial charge in [0.2, 0.25) is 23.5 Å². The van der Waals surface area contributed by atoms with Crippen LogP contribution >= 0.6 is 0 Å². The fraction of sp³-hybridized carbons (Fsp3) is 0.569. The maximum Gasteiger partial charge on any atom is 0.353 e. The Labute approximate surface area is 418 Å². The van der Waals surface area contributed by atoms with Gasteiger partial charge in [-0.1, -0.05) is 63.4 Å². The van der Waals surface area contributed by atoms with Crippen molar-refractivity contribution in [3.63, 3.8) is 0 Å². The molecule has 0 radical (unpaired) electrons. The molecule has 386 valence electrons. The maximum atomic E-state index is 12.5. The van der Waals surface area contributed by atoms with E-state index < -0.39 is 16.6 Å². The minimum absolute atomic E-state index is 0. The average molecular weight is 982 g/mol. The van der Waals surface area contributed by atoms with Crippen LogP contribution in [0.1, 0.15) is 101 Å². The van der Waals surface area contributed by atoms with E-state index in [2.05, 4.69) is 71.8 Å². The number of anilines is 6. The third-order valence-electron chi connectivity index (χ3n) is 13.0. The van der Waals surface area contributed by atoms with Crippen molar-refractivity contribution in [1.82, 2.24) is 29.7 Å². The molecule has 9 rings (SSSR count). The maximum absolute atomic E-state index is 12.5. The quantitative estimate of drug-likeness (QED) is 0.0453. The molecular formula is C51H75N13O7. The fourth-order valence-electron chi connectivity index (χ4n) is 9.69. The van der Waals surface area contributed by atoms with Crippen LogP contribution in [0.4, 0.5) is 40.9 Å². The van der Waals surface area contributed by atoms with Crippen LogP contribution in [0.2, 0.25) is 0 Å². The molecule has 4 aromatic rings. The van der Waals surface area contributed by atoms with Crippen LogP contribution in [0.3, 0.4) is 0 Å². The highest BCUT2D eigenvalue weighted by molar-refractivity contribution is 5.91. The van der Waals surface area contributed by atoms with Crippen LogP contribution in [0, 0.1) is 10.1 Å². The molecule has 71 heavy (non-hydrogen) atoms. The second-order valence-corrected chi connectivity index (χ2v) is 18.5. The van der Waals surface area contributed by atoms with Crippen LogP contribution in [0.25, 0.3) is 0 Å². The first-order valence-electron chi connectivity index (χ1n) is 24.5. The molecule has 2 atom stereocenters. The molecule has 20 heteroatoms. The van der Waals surface area contributed by atoms with Gasteiger partial charge in [0.25, 0.3) is 0 Å². The van der Waals surface area contributed by atoms with Crippen LogP contribution in [0.15, 0.2) is 48.5 Å². The Morgan fingerprint density at radius 2 is 1.32 bits per heavy atom. The van der Waals surface area contributed by atoms with Crippen molar-refractivity contribution in [2.45, 2.75) is 118 Å². The molecular weight excluding hydrogens is 907 g/mol. The number of fused-ring (bicyclic) bond motifs is 1. The lowest BCUT2D eigenvalue weighted by atomic mass is 10.0. The summed E-state index contributed by atoms with van der Waals surface area (Å²) in [5.41, 5.74) is 17.1. The highest BCUT2D eigenvalue weighted by Gasteiger charge is 2.31. The van der Waals surface area contributed by atoms with Gasteiger partial charge in [0.05, 0.1) is 30.3 Å². The number of carbonyl (C=O) groups is 2. The number of hydrogen-bond acceptors (Lipinski definition) is 19. The lowest BCUT2D eigenvalue weighted by molar-refractivity contribution is -0.383. The van der Waals surface area contributed by atoms with E-state index in [1.54, 1.807) is 6.92 Å². The molecule has 0 saturated carbocycles. The number of nitrogen functional groups attached to an aromatic ring is 2. The molecule has 0 bridgehead atoms. The van der Waals surface area contributed by atoms with Crippen molar-refractivity contribution >= 4 is 52.6 Å². The molecule has 6 N–H and O–H groups in total. The summed E-state index contributed by atoms with van der Waals surface area (Å²) in [6.45, 7) is 11.8. The summed E-state index contributed by atoms with van der Waals surface area (Å²) in [4.78, 5) is 62.5. The highest BCUT2D eigenvalue weighted by atomic mass is 16.6. The normalized spacial score (nSPS) is 18.7. The largest absolute Gasteiger partial charge is 0.465 e. The molecule has 0 amide bonds. The Morgan fingerprint density at radius 1 is 0.789 bits per heavy atom. The smallest absolute Gasteiger partial charge is 0.353 e. The summed E-state index contributed by atoms with van der Waals surface area (Å²) in [5.74, 6) is 1.09. The number of Topliss-reactive ketones (excluding diaryl/α,β-unsaturated/α-hetero) is 1. The number of likely N-dealkylation sites (tertiary alicyclic amines) is 2. The molecule has 20 nitrogen and oxygen atoms in total. The van der Waals surface area contributed by atoms with E-state index in [-0.39, 0.29) is 70.1 Å². The number of hydrogen-bond donors (Lipinski definition) is 4. The first-order valence-corrected chi connectivity index (χ1v) is 24.5. The van der Waals surface area contributed by atoms with Crippen LogP contribution < -0.4 is 31.9 Å². The minimum atomic E-state index is -0.615. The minimum Gasteiger partial charge on any atom is -0.465 e. The number of nitrogens with zero attached hydrogens (tertiary/aromatic N) is 9. The van der Waals surface area contributed by atoms with Gasteiger partial charge in [0, 0.05) is 64.5 Å². The van der Waals surface area contributed by atoms with Gasteiger partial charge < -0.3 is 46.1 Å². The Kier molecular flexibility index (Phi) is 20.0. The van der Waals surface area contributed by atoms with E-state index >= 15 is 0 Å². The van der Waals surface area contributed by atoms with Gasteiger partial charge in [-0.3, -0.25) is 29.5 Å². The molecule has 5 aliphatic rings. The molecule has 2 aromatic heterocycles. The van der Waals surface area contributed by atoms with Crippen molar-refractivity contribution < 1.29 is 28.7 Å². The van der Waals surface area contributed by atoms with Crippen molar-refractivity contribution in [3.8, 4) is 0 Å². The standard InChI is InChI=1S/C25H35N7O5.C24H32N6O2.2CH4/c1-2-36-21(33)17-31(16-19-8-5-7-18(13-19)15-30-10-3-4-11-30)24-22(32(34)35)23(26)28-25(29-24)27-14-20-9-6-12-37-20;25-22-21-12-19(31)16-30(23(21)28-24(27-22)26-13-20-7-4-10-32-20)15-18-6-3-5-17(11-18)14-29-8-1-2-9-29;;/h5,7-8,13,20H,2-4,6,9-12,14-17H2,1H3,(H3,26,27,28,29);3,5-6,11,20H,1-2,4,7-10,12-16H2,(H3,25,26,27,28);2*1H4. The number of nitro groups is 1. The number of esters is 1. The van der Waals surface area contributed by atoms with Crippen molar-refractivity contribution in [1.29, 1.82) is 0 Å². The van der Waals surface area contributed by atoms with E-state index in [0.29, 0.717) is 51.0 Å². The number of nitrogens with two attached hydrogens (primary N) is 2. The lowest BCUT2D eigenvalue weighted by Crippen LogP contribution is -2.37. The number of nitrogens with one attached hydrogen (secondary N) is 2. The van der Waals surface area contributed by atoms with Gasteiger partial charge >= 0.3 is 11.7 Å². The van der Waals surface area contributed by atoms with Crippen LogP contribution in [-0.2, 0) is 56.4 Å². The monoisotopic (exact) mass is 982 g/mol. The van der Waals surface area contributed by atoms with Crippen molar-refractivity contribution in [3.05, 3.63) is 86.5 Å². The molecule has 7 heterocycles. The molecule has 2 aromatic carbocycles. The van der Waals surface area contributed by atoms with Gasteiger partial charge in [-0.15, -0.1) is 0 Å². The number of carbonyl (C=O) groups excluding carboxylic acids is 2. The Hall–Kier alpha value is -6.22. The molecule has 4 saturated heterocycles. The summed E-state index contributed by atoms with van der Waals surface area (Å²) in [6, 6.07) is 16.7. The van der Waals surface area contributed by atoms with E-state index in [1.807, 2.05) is 17.0 Å².